The van der Waals surface area contributed by atoms with E-state index in [9.17, 15) is 14.0 Å². The van der Waals surface area contributed by atoms with Gasteiger partial charge in [0.2, 0.25) is 5.91 Å². The summed E-state index contributed by atoms with van der Waals surface area (Å²) in [5, 5.41) is 6.28. The molecular weight excluding hydrogens is 457 g/mol. The molecule has 7 heteroatoms. The number of pyridine rings is 1. The Labute approximate surface area is 212 Å². The molecule has 3 N–H and O–H groups in total. The number of hydrogen-bond donors (Lipinski definition) is 3. The highest BCUT2D eigenvalue weighted by Gasteiger charge is 2.15. The number of carbonyl (C=O) groups excluding carboxylic acids is 1. The van der Waals surface area contributed by atoms with Crippen molar-refractivity contribution in [2.24, 2.45) is 0 Å². The Morgan fingerprint density at radius 3 is 2.69 bits per heavy atom. The second kappa shape index (κ2) is 14.3. The van der Waals surface area contributed by atoms with Crippen molar-refractivity contribution in [1.29, 1.82) is 0 Å². The van der Waals surface area contributed by atoms with E-state index in [1.165, 1.54) is 6.07 Å². The molecule has 0 radical (unpaired) electrons. The average Bonchev–Trinajstić information content (AvgIpc) is 3.12. The van der Waals surface area contributed by atoms with Gasteiger partial charge in [-0.15, -0.1) is 0 Å². The number of aromatic nitrogens is 1. The van der Waals surface area contributed by atoms with Crippen LogP contribution in [0.1, 0.15) is 70.8 Å². The van der Waals surface area contributed by atoms with E-state index >= 15 is 0 Å². The summed E-state index contributed by atoms with van der Waals surface area (Å²) >= 11 is 0. The normalized spacial score (nSPS) is 13.2. The zero-order chi connectivity index (χ0) is 25.8. The second-order valence-corrected chi connectivity index (χ2v) is 9.00. The van der Waals surface area contributed by atoms with E-state index in [2.05, 4.69) is 29.5 Å². The maximum atomic E-state index is 14.7. The van der Waals surface area contributed by atoms with Gasteiger partial charge in [0.25, 0.3) is 0 Å². The van der Waals surface area contributed by atoms with Crippen molar-refractivity contribution < 1.29 is 13.9 Å². The van der Waals surface area contributed by atoms with E-state index < -0.39 is 5.82 Å². The van der Waals surface area contributed by atoms with Crippen LogP contribution in [0.25, 0.3) is 16.5 Å². The van der Waals surface area contributed by atoms with Gasteiger partial charge in [0.15, 0.2) is 5.43 Å². The van der Waals surface area contributed by atoms with Crippen LogP contribution in [0.15, 0.2) is 53.2 Å². The molecule has 36 heavy (non-hydrogen) atoms. The molecule has 1 aromatic heterocycles. The molecule has 0 spiro atoms. The molecule has 6 nitrogen and oxygen atoms in total. The molecule has 0 atom stereocenters. The van der Waals surface area contributed by atoms with Gasteiger partial charge in [0, 0.05) is 31.3 Å². The molecule has 194 valence electrons. The standard InChI is InChI=1S/C29H38FN3O3/c1-3-5-7-18-32-26(34)12-9-19-36-22-11-8-10-21(13-14-22)23-20-33-28-25(31-17-6-4-2)16-15-24(30)27(28)29(23)35/h10-11,13-16,20,31H,3-9,12,17-19H2,1-2H3,(H,32,34)(H,33,35). The summed E-state index contributed by atoms with van der Waals surface area (Å²) in [6.45, 7) is 6.16. The average molecular weight is 496 g/mol. The van der Waals surface area contributed by atoms with Gasteiger partial charge in [-0.05, 0) is 55.5 Å². The van der Waals surface area contributed by atoms with Crippen molar-refractivity contribution in [1.82, 2.24) is 10.3 Å². The highest BCUT2D eigenvalue weighted by atomic mass is 19.1. The third kappa shape index (κ3) is 7.57. The van der Waals surface area contributed by atoms with Crippen LogP contribution in [0.5, 0.6) is 0 Å². The van der Waals surface area contributed by atoms with Gasteiger partial charge in [-0.2, -0.15) is 0 Å². The number of hydrogen-bond acceptors (Lipinski definition) is 4. The van der Waals surface area contributed by atoms with Crippen LogP contribution in [-0.4, -0.2) is 30.6 Å². The van der Waals surface area contributed by atoms with Crippen molar-refractivity contribution in [3.05, 3.63) is 70.0 Å². The van der Waals surface area contributed by atoms with Crippen LogP contribution in [0.4, 0.5) is 10.1 Å². The number of anilines is 1. The van der Waals surface area contributed by atoms with Gasteiger partial charge in [0.05, 0.1) is 23.2 Å². The number of aromatic amines is 1. The third-order valence-corrected chi connectivity index (χ3v) is 6.15. The molecule has 1 aliphatic carbocycles. The lowest BCUT2D eigenvalue weighted by atomic mass is 10.0. The number of unbranched alkanes of at least 4 members (excludes halogenated alkanes) is 3. The Balaban J connectivity index is 1.60. The van der Waals surface area contributed by atoms with E-state index in [4.69, 9.17) is 4.74 Å². The van der Waals surface area contributed by atoms with Crippen LogP contribution in [-0.2, 0) is 9.53 Å². The van der Waals surface area contributed by atoms with Gasteiger partial charge in [0.1, 0.15) is 11.6 Å². The van der Waals surface area contributed by atoms with E-state index in [0.717, 1.165) is 50.9 Å². The van der Waals surface area contributed by atoms with E-state index in [1.807, 2.05) is 24.3 Å². The quantitative estimate of drug-likeness (QED) is 0.272. The molecule has 2 aromatic rings. The molecule has 1 heterocycles. The Bertz CT molecular complexity index is 1180. The molecule has 0 unspecified atom stereocenters. The molecule has 0 saturated heterocycles. The first-order chi connectivity index (χ1) is 17.5. The van der Waals surface area contributed by atoms with E-state index in [0.29, 0.717) is 48.3 Å². The fraction of sp³-hybridized carbons (Fsp3) is 0.448. The van der Waals surface area contributed by atoms with Crippen LogP contribution >= 0.6 is 0 Å². The largest absolute Gasteiger partial charge is 0.494 e. The summed E-state index contributed by atoms with van der Waals surface area (Å²) in [6, 6.07) is 3.00. The van der Waals surface area contributed by atoms with Gasteiger partial charge in [-0.25, -0.2) is 4.39 Å². The van der Waals surface area contributed by atoms with Gasteiger partial charge < -0.3 is 20.4 Å². The van der Waals surface area contributed by atoms with Crippen molar-refractivity contribution in [3.8, 4) is 0 Å². The molecule has 0 fully saturated rings. The molecule has 1 aromatic carbocycles. The monoisotopic (exact) mass is 495 g/mol. The zero-order valence-corrected chi connectivity index (χ0v) is 21.4. The lowest BCUT2D eigenvalue weighted by molar-refractivity contribution is -0.121. The minimum atomic E-state index is -0.538. The molecule has 1 amide bonds. The molecule has 0 saturated carbocycles. The molecule has 3 rings (SSSR count). The Hall–Kier alpha value is -3.35. The zero-order valence-electron chi connectivity index (χ0n) is 21.4. The Kier molecular flexibility index (Phi) is 10.8. The SMILES string of the molecule is CCCCCNC(=O)CCCOC1=CCC=C(c2c[nH]c3c(NCCCC)ccc(F)c3c2=O)C=C1. The number of rotatable bonds is 14. The Morgan fingerprint density at radius 1 is 1.06 bits per heavy atom. The van der Waals surface area contributed by atoms with Crippen LogP contribution in [0.2, 0.25) is 0 Å². The summed E-state index contributed by atoms with van der Waals surface area (Å²) in [6.07, 6.45) is 16.1. The number of benzene rings is 1. The van der Waals surface area contributed by atoms with E-state index in [-0.39, 0.29) is 16.7 Å². The number of amides is 1. The van der Waals surface area contributed by atoms with Crippen molar-refractivity contribution in [2.75, 3.05) is 25.0 Å². The first-order valence-electron chi connectivity index (χ1n) is 13.1. The summed E-state index contributed by atoms with van der Waals surface area (Å²) in [4.78, 5) is 28.3. The number of fused-ring (bicyclic) bond motifs is 1. The smallest absolute Gasteiger partial charge is 0.220 e. The molecule has 1 aliphatic rings. The molecule has 0 aliphatic heterocycles. The van der Waals surface area contributed by atoms with Crippen LogP contribution < -0.4 is 16.1 Å². The maximum Gasteiger partial charge on any atom is 0.220 e. The summed E-state index contributed by atoms with van der Waals surface area (Å²) in [7, 11) is 0. The number of halogens is 1. The van der Waals surface area contributed by atoms with Gasteiger partial charge in [-0.3, -0.25) is 9.59 Å². The predicted molar refractivity (Wildman–Crippen MR) is 145 cm³/mol. The number of H-pyrrole nitrogens is 1. The van der Waals surface area contributed by atoms with E-state index in [1.54, 1.807) is 12.3 Å². The van der Waals surface area contributed by atoms with Gasteiger partial charge >= 0.3 is 0 Å². The lowest BCUT2D eigenvalue weighted by Crippen LogP contribution is -2.24. The minimum absolute atomic E-state index is 0.0514. The summed E-state index contributed by atoms with van der Waals surface area (Å²) < 4.78 is 20.5. The number of carbonyl (C=O) groups is 1. The molecule has 0 bridgehead atoms. The highest BCUT2D eigenvalue weighted by molar-refractivity contribution is 5.93. The minimum Gasteiger partial charge on any atom is -0.494 e. The second-order valence-electron chi connectivity index (χ2n) is 9.00. The van der Waals surface area contributed by atoms with Crippen molar-refractivity contribution in [3.63, 3.8) is 0 Å². The van der Waals surface area contributed by atoms with Crippen LogP contribution in [0.3, 0.4) is 0 Å². The predicted octanol–water partition coefficient (Wildman–Crippen LogP) is 6.21. The summed E-state index contributed by atoms with van der Waals surface area (Å²) in [5.74, 6) is 0.204. The number of nitrogens with one attached hydrogen (secondary N) is 3. The number of ether oxygens (including phenoxy) is 1. The van der Waals surface area contributed by atoms with Crippen molar-refractivity contribution >= 4 is 28.1 Å². The first-order valence-corrected chi connectivity index (χ1v) is 13.1. The topological polar surface area (TPSA) is 83.2 Å². The van der Waals surface area contributed by atoms with Gasteiger partial charge in [-0.1, -0.05) is 45.3 Å². The third-order valence-electron chi connectivity index (χ3n) is 6.15. The van der Waals surface area contributed by atoms with Crippen LogP contribution in [0, 0.1) is 5.82 Å². The summed E-state index contributed by atoms with van der Waals surface area (Å²) in [5.41, 5.74) is 1.99. The van der Waals surface area contributed by atoms with Crippen molar-refractivity contribution in [2.45, 2.75) is 65.2 Å². The first kappa shape index (κ1) is 27.2. The maximum absolute atomic E-state index is 14.7. The fourth-order valence-corrected chi connectivity index (χ4v) is 4.09. The highest BCUT2D eigenvalue weighted by Crippen LogP contribution is 2.25. The molecular formula is C29H38FN3O3. The Morgan fingerprint density at radius 2 is 1.89 bits per heavy atom. The lowest BCUT2D eigenvalue weighted by Gasteiger charge is -2.11. The number of allylic oxidation sites excluding steroid dienone is 5. The fourth-order valence-electron chi connectivity index (χ4n) is 4.09.